The van der Waals surface area contributed by atoms with Crippen LogP contribution in [0, 0.1) is 11.3 Å². The number of nitrogens with zero attached hydrogens (tertiary/aromatic N) is 4. The first-order valence-corrected chi connectivity index (χ1v) is 9.64. The van der Waals surface area contributed by atoms with E-state index in [1.54, 1.807) is 6.33 Å². The predicted molar refractivity (Wildman–Crippen MR) is 107 cm³/mol. The van der Waals surface area contributed by atoms with Gasteiger partial charge in [-0.05, 0) is 41.8 Å². The van der Waals surface area contributed by atoms with E-state index >= 15 is 0 Å². The number of nitriles is 1. The Morgan fingerprint density at radius 2 is 2.14 bits per heavy atom. The minimum Gasteiger partial charge on any atom is -0.367 e. The van der Waals surface area contributed by atoms with Crippen LogP contribution in [0.25, 0.3) is 16.8 Å². The summed E-state index contributed by atoms with van der Waals surface area (Å²) in [5.41, 5.74) is 3.88. The Hall–Kier alpha value is -3.28. The van der Waals surface area contributed by atoms with Crippen molar-refractivity contribution in [2.45, 2.75) is 25.0 Å². The van der Waals surface area contributed by atoms with Crippen LogP contribution in [0.15, 0.2) is 48.9 Å². The molecule has 0 saturated carbocycles. The lowest BCUT2D eigenvalue weighted by atomic mass is 10.0. The maximum absolute atomic E-state index is 12.4. The Bertz CT molecular complexity index is 1020. The highest BCUT2D eigenvalue weighted by Gasteiger charge is 2.23. The van der Waals surface area contributed by atoms with Crippen LogP contribution in [0.1, 0.15) is 12.0 Å². The molecule has 8 heteroatoms. The molecule has 8 nitrogen and oxygen atoms in total. The lowest BCUT2D eigenvalue weighted by molar-refractivity contribution is -0.132. The number of aromatic nitrogens is 3. The number of pyridine rings is 1. The van der Waals surface area contributed by atoms with Gasteiger partial charge in [0.25, 0.3) is 5.91 Å². The van der Waals surface area contributed by atoms with Crippen LogP contribution in [-0.4, -0.2) is 52.3 Å². The predicted octanol–water partition coefficient (Wildman–Crippen LogP) is 1.33. The number of hydrogen-bond donors (Lipinski definition) is 2. The molecule has 2 N–H and O–H groups in total. The number of nitrogens with one attached hydrogen (secondary N) is 2. The van der Waals surface area contributed by atoms with Gasteiger partial charge < -0.3 is 15.4 Å². The second kappa shape index (κ2) is 8.82. The summed E-state index contributed by atoms with van der Waals surface area (Å²) < 4.78 is 7.42. The van der Waals surface area contributed by atoms with Crippen LogP contribution in [0.3, 0.4) is 0 Å². The van der Waals surface area contributed by atoms with Crippen molar-refractivity contribution in [1.29, 1.82) is 5.26 Å². The molecule has 29 heavy (non-hydrogen) atoms. The number of amides is 1. The van der Waals surface area contributed by atoms with Gasteiger partial charge in [-0.2, -0.15) is 5.26 Å². The van der Waals surface area contributed by atoms with Crippen molar-refractivity contribution in [3.8, 4) is 17.2 Å². The van der Waals surface area contributed by atoms with Gasteiger partial charge >= 0.3 is 0 Å². The summed E-state index contributed by atoms with van der Waals surface area (Å²) in [7, 11) is 0. The second-order valence-corrected chi connectivity index (χ2v) is 7.02. The average molecular weight is 390 g/mol. The van der Waals surface area contributed by atoms with Crippen molar-refractivity contribution >= 4 is 11.6 Å². The minimum absolute atomic E-state index is 0.246. The third kappa shape index (κ3) is 4.59. The molecule has 4 rings (SSSR count). The van der Waals surface area contributed by atoms with Gasteiger partial charge in [-0.1, -0.05) is 24.3 Å². The lowest BCUT2D eigenvalue weighted by Crippen LogP contribution is -2.46. The van der Waals surface area contributed by atoms with Crippen LogP contribution >= 0.6 is 0 Å². The molecule has 1 aromatic carbocycles. The molecule has 0 spiro atoms. The Labute approximate surface area is 168 Å². The van der Waals surface area contributed by atoms with E-state index in [1.807, 2.05) is 47.0 Å². The van der Waals surface area contributed by atoms with E-state index in [2.05, 4.69) is 26.9 Å². The summed E-state index contributed by atoms with van der Waals surface area (Å²) in [6.07, 6.45) is 4.41. The molecular weight excluding hydrogens is 368 g/mol. The fourth-order valence-corrected chi connectivity index (χ4v) is 3.34. The molecule has 2 aromatic heterocycles. The van der Waals surface area contributed by atoms with E-state index in [0.29, 0.717) is 19.6 Å². The van der Waals surface area contributed by atoms with Crippen LogP contribution in [0.2, 0.25) is 0 Å². The van der Waals surface area contributed by atoms with E-state index in [4.69, 9.17) is 4.74 Å². The van der Waals surface area contributed by atoms with Gasteiger partial charge in [-0.3, -0.25) is 9.20 Å². The van der Waals surface area contributed by atoms with Gasteiger partial charge in [0.2, 0.25) is 0 Å². The van der Waals surface area contributed by atoms with Gasteiger partial charge in [-0.15, -0.1) is 10.2 Å². The molecule has 148 valence electrons. The summed E-state index contributed by atoms with van der Waals surface area (Å²) in [4.78, 5) is 12.4. The summed E-state index contributed by atoms with van der Waals surface area (Å²) in [5.74, 6) is -0.246. The number of benzene rings is 1. The first-order chi connectivity index (χ1) is 14.2. The molecule has 3 aromatic rings. The third-order valence-electron chi connectivity index (χ3n) is 4.93. The summed E-state index contributed by atoms with van der Waals surface area (Å²) in [5, 5.41) is 23.3. The first kappa shape index (κ1) is 19.1. The zero-order valence-corrected chi connectivity index (χ0v) is 15.9. The molecule has 2 atom stereocenters. The van der Waals surface area contributed by atoms with Crippen molar-refractivity contribution < 1.29 is 9.53 Å². The van der Waals surface area contributed by atoms with E-state index < -0.39 is 12.1 Å². The van der Waals surface area contributed by atoms with Gasteiger partial charge in [0.05, 0.1) is 6.07 Å². The molecule has 1 saturated heterocycles. The largest absolute Gasteiger partial charge is 0.367 e. The number of hydrogen-bond acceptors (Lipinski definition) is 6. The normalized spacial score (nSPS) is 18.0. The van der Waals surface area contributed by atoms with Crippen molar-refractivity contribution in [2.75, 3.05) is 19.7 Å². The zero-order valence-electron chi connectivity index (χ0n) is 15.9. The maximum Gasteiger partial charge on any atom is 0.251 e. The molecule has 1 amide bonds. The van der Waals surface area contributed by atoms with Gasteiger partial charge in [0, 0.05) is 25.8 Å². The van der Waals surface area contributed by atoms with Crippen molar-refractivity contribution in [1.82, 2.24) is 25.2 Å². The first-order valence-electron chi connectivity index (χ1n) is 9.64. The fraction of sp³-hybridized carbons (Fsp3) is 0.333. The topological polar surface area (TPSA) is 104 Å². The molecule has 0 radical (unpaired) electrons. The molecule has 0 unspecified atom stereocenters. The van der Waals surface area contributed by atoms with Crippen LogP contribution in [0.5, 0.6) is 0 Å². The summed E-state index contributed by atoms with van der Waals surface area (Å²) in [6, 6.07) is 13.5. The zero-order chi connectivity index (χ0) is 20.1. The van der Waals surface area contributed by atoms with Crippen LogP contribution in [0.4, 0.5) is 0 Å². The number of carbonyl (C=O) groups excluding carboxylic acids is 1. The maximum atomic E-state index is 12.4. The third-order valence-corrected chi connectivity index (χ3v) is 4.93. The molecule has 3 heterocycles. The average Bonchev–Trinajstić information content (AvgIpc) is 3.05. The summed E-state index contributed by atoms with van der Waals surface area (Å²) >= 11 is 0. The van der Waals surface area contributed by atoms with Gasteiger partial charge in [0.15, 0.2) is 5.65 Å². The monoisotopic (exact) mass is 390 g/mol. The van der Waals surface area contributed by atoms with E-state index in [0.717, 1.165) is 35.3 Å². The van der Waals surface area contributed by atoms with E-state index in [1.165, 1.54) is 0 Å². The van der Waals surface area contributed by atoms with Crippen molar-refractivity contribution in [2.24, 2.45) is 0 Å². The highest BCUT2D eigenvalue weighted by molar-refractivity contribution is 5.81. The quantitative estimate of drug-likeness (QED) is 0.681. The summed E-state index contributed by atoms with van der Waals surface area (Å²) in [6.45, 7) is 1.85. The molecule has 1 aliphatic heterocycles. The van der Waals surface area contributed by atoms with Gasteiger partial charge in [-0.25, -0.2) is 0 Å². The number of ether oxygens (including phenoxy) is 1. The standard InChI is InChI=1S/C21H22N6O2/c22-11-18(25-21(28)19-12-23-8-1-9-29-19)10-15-2-4-16(5-3-15)17-6-7-20-26-24-14-27(20)13-17/h2-7,13-14,18-19,23H,1,8-10,12H2,(H,25,28)/t18-,19-/m0/s1. The lowest BCUT2D eigenvalue weighted by Gasteiger charge is -2.18. The highest BCUT2D eigenvalue weighted by Crippen LogP contribution is 2.20. The Morgan fingerprint density at radius 1 is 1.31 bits per heavy atom. The second-order valence-electron chi connectivity index (χ2n) is 7.02. The number of rotatable bonds is 5. The molecule has 0 bridgehead atoms. The SMILES string of the molecule is N#C[C@H](Cc1ccc(-c2ccc3nncn3c2)cc1)NC(=O)[C@@H]1CNCCCO1. The van der Waals surface area contributed by atoms with Crippen LogP contribution < -0.4 is 10.6 Å². The van der Waals surface area contributed by atoms with Crippen LogP contribution in [-0.2, 0) is 16.0 Å². The van der Waals surface area contributed by atoms with E-state index in [-0.39, 0.29) is 5.91 Å². The Balaban J connectivity index is 1.40. The van der Waals surface area contributed by atoms with E-state index in [9.17, 15) is 10.1 Å². The Morgan fingerprint density at radius 3 is 2.97 bits per heavy atom. The number of fused-ring (bicyclic) bond motifs is 1. The molecule has 1 aliphatic rings. The Kier molecular flexibility index (Phi) is 5.79. The fourth-order valence-electron chi connectivity index (χ4n) is 3.34. The molecular formula is C21H22N6O2. The van der Waals surface area contributed by atoms with Crippen molar-refractivity contribution in [3.63, 3.8) is 0 Å². The van der Waals surface area contributed by atoms with Gasteiger partial charge in [0.1, 0.15) is 18.5 Å². The molecule has 1 fully saturated rings. The smallest absolute Gasteiger partial charge is 0.251 e. The minimum atomic E-state index is -0.603. The molecule has 0 aliphatic carbocycles. The number of carbonyl (C=O) groups is 1. The highest BCUT2D eigenvalue weighted by atomic mass is 16.5. The van der Waals surface area contributed by atoms with Crippen molar-refractivity contribution in [3.05, 3.63) is 54.5 Å².